The van der Waals surface area contributed by atoms with E-state index in [2.05, 4.69) is 0 Å². The fraction of sp³-hybridized carbons (Fsp3) is 0.357. The quantitative estimate of drug-likeness (QED) is 0.434. The lowest BCUT2D eigenvalue weighted by atomic mass is 9.83. The Morgan fingerprint density at radius 3 is 2.65 bits per heavy atom. The third-order valence-electron chi connectivity index (χ3n) is 7.03. The monoisotopic (exact) mass is 461 g/mol. The maximum atomic E-state index is 14.4. The molecule has 2 aliphatic rings. The van der Waals surface area contributed by atoms with Crippen molar-refractivity contribution in [1.82, 2.24) is 4.98 Å². The number of fused-ring (bicyclic) bond motifs is 1. The minimum atomic E-state index is -0.762. The van der Waals surface area contributed by atoms with Crippen LogP contribution in [0.3, 0.4) is 0 Å². The van der Waals surface area contributed by atoms with E-state index in [1.165, 1.54) is 6.07 Å². The second kappa shape index (κ2) is 9.09. The SMILES string of the molecule is COc1ccc(F)c(-c2ccc3c(n2)CC[C@H]3Oc2cccc(C(C3CC3)[C@H](C)C(=O)O)c2)c1. The number of hydrogen-bond donors (Lipinski definition) is 1. The molecule has 2 aliphatic carbocycles. The second-order valence-electron chi connectivity index (χ2n) is 9.29. The normalized spacial score (nSPS) is 18.7. The lowest BCUT2D eigenvalue weighted by Gasteiger charge is -2.22. The Hall–Kier alpha value is -3.41. The molecule has 0 bridgehead atoms. The number of ether oxygens (including phenoxy) is 2. The Morgan fingerprint density at radius 2 is 1.91 bits per heavy atom. The predicted molar refractivity (Wildman–Crippen MR) is 127 cm³/mol. The van der Waals surface area contributed by atoms with Crippen molar-refractivity contribution in [1.29, 1.82) is 0 Å². The molecule has 0 saturated heterocycles. The van der Waals surface area contributed by atoms with Crippen molar-refractivity contribution < 1.29 is 23.8 Å². The minimum Gasteiger partial charge on any atom is -0.497 e. The van der Waals surface area contributed by atoms with Crippen LogP contribution in [-0.2, 0) is 11.2 Å². The van der Waals surface area contributed by atoms with Gasteiger partial charge in [-0.25, -0.2) is 4.39 Å². The van der Waals surface area contributed by atoms with Gasteiger partial charge in [-0.3, -0.25) is 9.78 Å². The predicted octanol–water partition coefficient (Wildman–Crippen LogP) is 6.18. The van der Waals surface area contributed by atoms with Crippen molar-refractivity contribution in [3.05, 3.63) is 77.2 Å². The van der Waals surface area contributed by atoms with Gasteiger partial charge in [-0.1, -0.05) is 25.1 Å². The fourth-order valence-electron chi connectivity index (χ4n) is 5.07. The van der Waals surface area contributed by atoms with E-state index >= 15 is 0 Å². The molecule has 1 N–H and O–H groups in total. The molecule has 0 spiro atoms. The zero-order valence-electron chi connectivity index (χ0n) is 19.3. The van der Waals surface area contributed by atoms with Gasteiger partial charge in [0, 0.05) is 16.8 Å². The molecule has 1 saturated carbocycles. The van der Waals surface area contributed by atoms with Crippen LogP contribution in [0, 0.1) is 17.7 Å². The number of aliphatic carboxylic acids is 1. The topological polar surface area (TPSA) is 68.7 Å². The molecule has 0 aliphatic heterocycles. The maximum Gasteiger partial charge on any atom is 0.306 e. The summed E-state index contributed by atoms with van der Waals surface area (Å²) in [6, 6.07) is 16.3. The molecule has 1 fully saturated rings. The number of pyridine rings is 1. The van der Waals surface area contributed by atoms with E-state index in [0.29, 0.717) is 22.9 Å². The van der Waals surface area contributed by atoms with Gasteiger partial charge < -0.3 is 14.6 Å². The van der Waals surface area contributed by atoms with Gasteiger partial charge in [0.25, 0.3) is 0 Å². The highest BCUT2D eigenvalue weighted by Crippen LogP contribution is 2.47. The summed E-state index contributed by atoms with van der Waals surface area (Å²) in [4.78, 5) is 16.4. The molecule has 3 atom stereocenters. The molecule has 0 amide bonds. The Labute approximate surface area is 198 Å². The summed E-state index contributed by atoms with van der Waals surface area (Å²) < 4.78 is 26.0. The first-order valence-corrected chi connectivity index (χ1v) is 11.8. The van der Waals surface area contributed by atoms with Gasteiger partial charge in [0.15, 0.2) is 0 Å². The number of aromatic nitrogens is 1. The number of methoxy groups -OCH3 is 1. The number of halogens is 1. The first kappa shape index (κ1) is 22.4. The summed E-state index contributed by atoms with van der Waals surface area (Å²) in [5, 5.41) is 9.58. The summed E-state index contributed by atoms with van der Waals surface area (Å²) >= 11 is 0. The number of aryl methyl sites for hydroxylation is 1. The molecule has 176 valence electrons. The van der Waals surface area contributed by atoms with Crippen LogP contribution in [0.1, 0.15) is 55.0 Å². The number of carboxylic acid groups (broad SMARTS) is 1. The summed E-state index contributed by atoms with van der Waals surface area (Å²) in [5.41, 5.74) is 3.94. The van der Waals surface area contributed by atoms with Crippen LogP contribution in [0.5, 0.6) is 11.5 Å². The van der Waals surface area contributed by atoms with Crippen molar-refractivity contribution in [2.75, 3.05) is 7.11 Å². The Morgan fingerprint density at radius 1 is 1.09 bits per heavy atom. The smallest absolute Gasteiger partial charge is 0.306 e. The van der Waals surface area contributed by atoms with E-state index < -0.39 is 11.9 Å². The summed E-state index contributed by atoms with van der Waals surface area (Å²) in [7, 11) is 1.55. The van der Waals surface area contributed by atoms with Gasteiger partial charge >= 0.3 is 5.97 Å². The average molecular weight is 462 g/mol. The summed E-state index contributed by atoms with van der Waals surface area (Å²) in [5.74, 6) is 0.212. The van der Waals surface area contributed by atoms with E-state index in [9.17, 15) is 14.3 Å². The number of hydrogen-bond acceptors (Lipinski definition) is 4. The zero-order valence-corrected chi connectivity index (χ0v) is 19.3. The van der Waals surface area contributed by atoms with Gasteiger partial charge in [0.05, 0.1) is 18.7 Å². The molecule has 2 aromatic carbocycles. The molecule has 0 radical (unpaired) electrons. The Kier molecular flexibility index (Phi) is 5.98. The highest BCUT2D eigenvalue weighted by Gasteiger charge is 2.38. The third-order valence-corrected chi connectivity index (χ3v) is 7.03. The highest BCUT2D eigenvalue weighted by atomic mass is 19.1. The van der Waals surface area contributed by atoms with Crippen molar-refractivity contribution in [3.8, 4) is 22.8 Å². The Bertz CT molecular complexity index is 1220. The number of benzene rings is 2. The van der Waals surface area contributed by atoms with E-state index in [1.54, 1.807) is 26.2 Å². The summed E-state index contributed by atoms with van der Waals surface area (Å²) in [6.07, 6.45) is 3.54. The number of carbonyl (C=O) groups is 1. The Balaban J connectivity index is 1.37. The van der Waals surface area contributed by atoms with E-state index in [1.807, 2.05) is 36.4 Å². The molecular weight excluding hydrogens is 433 g/mol. The molecule has 5 nitrogen and oxygen atoms in total. The van der Waals surface area contributed by atoms with Crippen LogP contribution in [0.15, 0.2) is 54.6 Å². The van der Waals surface area contributed by atoms with Gasteiger partial charge in [-0.2, -0.15) is 0 Å². The van der Waals surface area contributed by atoms with Gasteiger partial charge in [0.2, 0.25) is 0 Å². The molecule has 5 rings (SSSR count). The van der Waals surface area contributed by atoms with Crippen LogP contribution >= 0.6 is 0 Å². The van der Waals surface area contributed by atoms with Crippen LogP contribution in [0.4, 0.5) is 4.39 Å². The van der Waals surface area contributed by atoms with Crippen molar-refractivity contribution in [2.45, 2.75) is 44.6 Å². The van der Waals surface area contributed by atoms with Crippen LogP contribution < -0.4 is 9.47 Å². The van der Waals surface area contributed by atoms with Crippen molar-refractivity contribution >= 4 is 5.97 Å². The van der Waals surface area contributed by atoms with Crippen LogP contribution in [-0.4, -0.2) is 23.2 Å². The highest BCUT2D eigenvalue weighted by molar-refractivity contribution is 5.71. The van der Waals surface area contributed by atoms with Crippen molar-refractivity contribution in [3.63, 3.8) is 0 Å². The minimum absolute atomic E-state index is 0.00102. The van der Waals surface area contributed by atoms with Crippen LogP contribution in [0.2, 0.25) is 0 Å². The van der Waals surface area contributed by atoms with E-state index in [-0.39, 0.29) is 17.8 Å². The third kappa shape index (κ3) is 4.37. The van der Waals surface area contributed by atoms with Gasteiger partial charge in [0.1, 0.15) is 23.4 Å². The lowest BCUT2D eigenvalue weighted by Crippen LogP contribution is -2.20. The standard InChI is InChI=1S/C28H28FNO4/c1-16(28(31)32)27(17-6-7-17)18-4-3-5-20(14-18)34-26-13-12-24-21(26)9-11-25(30-24)22-15-19(33-2)8-10-23(22)29/h3-5,8-11,14-17,26-27H,6-7,12-13H2,1-2H3,(H,31,32)/t16-,26+,27?/m0/s1. The van der Waals surface area contributed by atoms with Gasteiger partial charge in [-0.15, -0.1) is 0 Å². The zero-order chi connectivity index (χ0) is 23.8. The molecular formula is C28H28FNO4. The first-order valence-electron chi connectivity index (χ1n) is 11.8. The van der Waals surface area contributed by atoms with Gasteiger partial charge in [-0.05, 0) is 79.5 Å². The van der Waals surface area contributed by atoms with E-state index in [4.69, 9.17) is 14.5 Å². The largest absolute Gasteiger partial charge is 0.497 e. The maximum absolute atomic E-state index is 14.4. The summed E-state index contributed by atoms with van der Waals surface area (Å²) in [6.45, 7) is 1.79. The first-order chi connectivity index (χ1) is 16.4. The fourth-order valence-corrected chi connectivity index (χ4v) is 5.07. The molecule has 1 aromatic heterocycles. The lowest BCUT2D eigenvalue weighted by molar-refractivity contribution is -0.142. The molecule has 1 heterocycles. The molecule has 34 heavy (non-hydrogen) atoms. The number of rotatable bonds is 8. The molecule has 1 unspecified atom stereocenters. The average Bonchev–Trinajstić information content (AvgIpc) is 3.60. The molecule has 3 aromatic rings. The number of nitrogens with zero attached hydrogens (tertiary/aromatic N) is 1. The van der Waals surface area contributed by atoms with Crippen LogP contribution in [0.25, 0.3) is 11.3 Å². The second-order valence-corrected chi connectivity index (χ2v) is 9.29. The number of carboxylic acids is 1. The molecule has 6 heteroatoms. The van der Waals surface area contributed by atoms with Crippen molar-refractivity contribution in [2.24, 2.45) is 11.8 Å². The van der Waals surface area contributed by atoms with E-state index in [0.717, 1.165) is 48.3 Å².